The predicted octanol–water partition coefficient (Wildman–Crippen LogP) is 0.895. The molecular formula is C12H21N3O2. The molecule has 17 heavy (non-hydrogen) atoms. The standard InChI is InChI=1S/C12H21N3O2/c1-3-4-7-17-12(16)9-13-6-5-11-8-14-15(2)10-11/h8,10,13H,3-7,9H2,1-2H3. The van der Waals surface area contributed by atoms with E-state index in [2.05, 4.69) is 17.3 Å². The van der Waals surface area contributed by atoms with Gasteiger partial charge in [0.15, 0.2) is 0 Å². The largest absolute Gasteiger partial charge is 0.465 e. The molecule has 0 atom stereocenters. The molecule has 1 heterocycles. The van der Waals surface area contributed by atoms with Crippen molar-refractivity contribution in [1.29, 1.82) is 0 Å². The maximum Gasteiger partial charge on any atom is 0.319 e. The van der Waals surface area contributed by atoms with Crippen molar-refractivity contribution in [3.8, 4) is 0 Å². The van der Waals surface area contributed by atoms with Gasteiger partial charge in [-0.15, -0.1) is 0 Å². The van der Waals surface area contributed by atoms with E-state index >= 15 is 0 Å². The van der Waals surface area contributed by atoms with Gasteiger partial charge in [-0.05, 0) is 24.9 Å². The highest BCUT2D eigenvalue weighted by Gasteiger charge is 2.01. The van der Waals surface area contributed by atoms with Gasteiger partial charge in [0.2, 0.25) is 0 Å². The van der Waals surface area contributed by atoms with Crippen LogP contribution in [-0.4, -0.2) is 35.4 Å². The third-order valence-electron chi connectivity index (χ3n) is 2.38. The molecule has 1 rings (SSSR count). The molecule has 0 aliphatic heterocycles. The quantitative estimate of drug-likeness (QED) is 0.541. The average Bonchev–Trinajstić information content (AvgIpc) is 2.71. The zero-order chi connectivity index (χ0) is 12.5. The molecule has 0 aliphatic carbocycles. The van der Waals surface area contributed by atoms with Crippen molar-refractivity contribution >= 4 is 5.97 Å². The number of rotatable bonds is 8. The van der Waals surface area contributed by atoms with Gasteiger partial charge in [-0.2, -0.15) is 5.10 Å². The molecule has 5 nitrogen and oxygen atoms in total. The van der Waals surface area contributed by atoms with E-state index in [0.717, 1.165) is 25.8 Å². The van der Waals surface area contributed by atoms with Gasteiger partial charge in [-0.1, -0.05) is 13.3 Å². The van der Waals surface area contributed by atoms with Crippen molar-refractivity contribution in [2.45, 2.75) is 26.2 Å². The number of carbonyl (C=O) groups excluding carboxylic acids is 1. The minimum atomic E-state index is -0.176. The van der Waals surface area contributed by atoms with Crippen LogP contribution in [0.3, 0.4) is 0 Å². The molecule has 0 bridgehead atoms. The topological polar surface area (TPSA) is 56.1 Å². The molecule has 0 saturated heterocycles. The molecule has 0 amide bonds. The lowest BCUT2D eigenvalue weighted by Gasteiger charge is -2.04. The van der Waals surface area contributed by atoms with Crippen molar-refractivity contribution in [2.24, 2.45) is 7.05 Å². The second kappa shape index (κ2) is 7.84. The van der Waals surface area contributed by atoms with E-state index < -0.39 is 0 Å². The van der Waals surface area contributed by atoms with Crippen molar-refractivity contribution in [1.82, 2.24) is 15.1 Å². The van der Waals surface area contributed by atoms with Crippen molar-refractivity contribution in [2.75, 3.05) is 19.7 Å². The fraction of sp³-hybridized carbons (Fsp3) is 0.667. The lowest BCUT2D eigenvalue weighted by molar-refractivity contribution is -0.142. The molecule has 96 valence electrons. The molecule has 0 fully saturated rings. The van der Waals surface area contributed by atoms with E-state index in [1.165, 1.54) is 5.56 Å². The number of hydrogen-bond acceptors (Lipinski definition) is 4. The summed E-state index contributed by atoms with van der Waals surface area (Å²) in [4.78, 5) is 11.2. The molecule has 0 aromatic carbocycles. The van der Waals surface area contributed by atoms with Crippen LogP contribution in [0.25, 0.3) is 0 Å². The lowest BCUT2D eigenvalue weighted by Crippen LogP contribution is -2.26. The Balaban J connectivity index is 2.02. The first-order valence-corrected chi connectivity index (χ1v) is 6.06. The smallest absolute Gasteiger partial charge is 0.319 e. The molecule has 0 unspecified atom stereocenters. The van der Waals surface area contributed by atoms with E-state index in [0.29, 0.717) is 6.61 Å². The van der Waals surface area contributed by atoms with Crippen LogP contribution in [0, 0.1) is 0 Å². The van der Waals surface area contributed by atoms with E-state index in [9.17, 15) is 4.79 Å². The van der Waals surface area contributed by atoms with Crippen LogP contribution in [0.15, 0.2) is 12.4 Å². The maximum atomic E-state index is 11.2. The SMILES string of the molecule is CCCCOC(=O)CNCCc1cnn(C)c1. The molecule has 1 aromatic heterocycles. The van der Waals surface area contributed by atoms with Crippen LogP contribution in [0.1, 0.15) is 25.3 Å². The number of unbranched alkanes of at least 4 members (excludes halogenated alkanes) is 1. The summed E-state index contributed by atoms with van der Waals surface area (Å²) in [5, 5.41) is 7.14. The highest BCUT2D eigenvalue weighted by Crippen LogP contribution is 1.95. The van der Waals surface area contributed by atoms with Crippen LogP contribution in [-0.2, 0) is 23.0 Å². The second-order valence-corrected chi connectivity index (χ2v) is 4.02. The normalized spacial score (nSPS) is 10.5. The summed E-state index contributed by atoms with van der Waals surface area (Å²) in [7, 11) is 1.89. The summed E-state index contributed by atoms with van der Waals surface area (Å²) in [6.07, 6.45) is 6.65. The van der Waals surface area contributed by atoms with Crippen molar-refractivity contribution < 1.29 is 9.53 Å². The molecular weight excluding hydrogens is 218 g/mol. The van der Waals surface area contributed by atoms with Gasteiger partial charge in [-0.25, -0.2) is 0 Å². The Kier molecular flexibility index (Phi) is 6.32. The first kappa shape index (κ1) is 13.7. The average molecular weight is 239 g/mol. The highest BCUT2D eigenvalue weighted by atomic mass is 16.5. The summed E-state index contributed by atoms with van der Waals surface area (Å²) in [6.45, 7) is 3.64. The molecule has 5 heteroatoms. The molecule has 1 N–H and O–H groups in total. The minimum absolute atomic E-state index is 0.176. The molecule has 0 radical (unpaired) electrons. The van der Waals surface area contributed by atoms with Gasteiger partial charge >= 0.3 is 5.97 Å². The van der Waals surface area contributed by atoms with E-state index in [1.807, 2.05) is 19.4 Å². The van der Waals surface area contributed by atoms with Crippen LogP contribution in [0.5, 0.6) is 0 Å². The fourth-order valence-corrected chi connectivity index (χ4v) is 1.41. The Morgan fingerprint density at radius 2 is 2.41 bits per heavy atom. The summed E-state index contributed by atoms with van der Waals surface area (Å²) >= 11 is 0. The molecule has 0 saturated carbocycles. The van der Waals surface area contributed by atoms with Gasteiger partial charge in [0.1, 0.15) is 0 Å². The lowest BCUT2D eigenvalue weighted by atomic mass is 10.2. The van der Waals surface area contributed by atoms with Crippen molar-refractivity contribution in [3.05, 3.63) is 18.0 Å². The summed E-state index contributed by atoms with van der Waals surface area (Å²) in [5.41, 5.74) is 1.17. The second-order valence-electron chi connectivity index (χ2n) is 4.02. The third-order valence-corrected chi connectivity index (χ3v) is 2.38. The number of ether oxygens (including phenoxy) is 1. The Morgan fingerprint density at radius 3 is 3.06 bits per heavy atom. The highest BCUT2D eigenvalue weighted by molar-refractivity contribution is 5.71. The predicted molar refractivity (Wildman–Crippen MR) is 65.6 cm³/mol. The van der Waals surface area contributed by atoms with Crippen LogP contribution in [0.4, 0.5) is 0 Å². The number of nitrogens with one attached hydrogen (secondary N) is 1. The number of nitrogens with zero attached hydrogens (tertiary/aromatic N) is 2. The number of carbonyl (C=O) groups is 1. The van der Waals surface area contributed by atoms with Gasteiger partial charge in [0.25, 0.3) is 0 Å². The van der Waals surface area contributed by atoms with Gasteiger partial charge < -0.3 is 10.1 Å². The van der Waals surface area contributed by atoms with Crippen LogP contribution >= 0.6 is 0 Å². The maximum absolute atomic E-state index is 11.2. The Labute approximate surface area is 102 Å². The monoisotopic (exact) mass is 239 g/mol. The summed E-state index contributed by atoms with van der Waals surface area (Å²) in [6, 6.07) is 0. The molecule has 1 aromatic rings. The fourth-order valence-electron chi connectivity index (χ4n) is 1.41. The Morgan fingerprint density at radius 1 is 1.59 bits per heavy atom. The third kappa shape index (κ3) is 6.06. The zero-order valence-corrected chi connectivity index (χ0v) is 10.6. The van der Waals surface area contributed by atoms with E-state index in [1.54, 1.807) is 4.68 Å². The van der Waals surface area contributed by atoms with Gasteiger partial charge in [0.05, 0.1) is 19.3 Å². The summed E-state index contributed by atoms with van der Waals surface area (Å²) in [5.74, 6) is -0.176. The van der Waals surface area contributed by atoms with Gasteiger partial charge in [0, 0.05) is 13.2 Å². The van der Waals surface area contributed by atoms with Crippen molar-refractivity contribution in [3.63, 3.8) is 0 Å². The van der Waals surface area contributed by atoms with E-state index in [-0.39, 0.29) is 12.5 Å². The zero-order valence-electron chi connectivity index (χ0n) is 10.6. The molecule has 0 spiro atoms. The van der Waals surface area contributed by atoms with E-state index in [4.69, 9.17) is 4.74 Å². The first-order valence-electron chi connectivity index (χ1n) is 6.06. The van der Waals surface area contributed by atoms with Gasteiger partial charge in [-0.3, -0.25) is 9.48 Å². The first-order chi connectivity index (χ1) is 8.22. The number of aromatic nitrogens is 2. The number of esters is 1. The Bertz CT molecular complexity index is 336. The Hall–Kier alpha value is -1.36. The van der Waals surface area contributed by atoms with Crippen LogP contribution in [0.2, 0.25) is 0 Å². The minimum Gasteiger partial charge on any atom is -0.465 e. The number of hydrogen-bond donors (Lipinski definition) is 1. The molecule has 0 aliphatic rings. The summed E-state index contributed by atoms with van der Waals surface area (Å²) < 4.78 is 6.79. The van der Waals surface area contributed by atoms with Crippen LogP contribution < -0.4 is 5.32 Å². The number of aryl methyl sites for hydroxylation is 1.